The number of methoxy groups -OCH3 is 1. The van der Waals surface area contributed by atoms with Crippen LogP contribution in [0.2, 0.25) is 5.02 Å². The summed E-state index contributed by atoms with van der Waals surface area (Å²) in [6, 6.07) is 20.9. The Morgan fingerprint density at radius 3 is 2.61 bits per heavy atom. The van der Waals surface area contributed by atoms with Crippen LogP contribution >= 0.6 is 23.4 Å². The van der Waals surface area contributed by atoms with E-state index in [2.05, 4.69) is 4.98 Å². The molecule has 1 aromatic heterocycles. The molecule has 0 saturated carbocycles. The molecule has 0 aliphatic rings. The lowest BCUT2D eigenvalue weighted by Crippen LogP contribution is -2.04. The van der Waals surface area contributed by atoms with Gasteiger partial charge in [0.2, 0.25) is 0 Å². The van der Waals surface area contributed by atoms with E-state index in [1.54, 1.807) is 24.9 Å². The number of hydrogen-bond acceptors (Lipinski definition) is 5. The van der Waals surface area contributed by atoms with E-state index >= 15 is 0 Å². The van der Waals surface area contributed by atoms with Crippen molar-refractivity contribution in [1.82, 2.24) is 4.98 Å². The summed E-state index contributed by atoms with van der Waals surface area (Å²) < 4.78 is 10.7. The van der Waals surface area contributed by atoms with Crippen LogP contribution in [-0.4, -0.2) is 29.8 Å². The van der Waals surface area contributed by atoms with Gasteiger partial charge >= 0.3 is 5.97 Å². The van der Waals surface area contributed by atoms with Crippen molar-refractivity contribution in [3.63, 3.8) is 0 Å². The van der Waals surface area contributed by atoms with Gasteiger partial charge in [-0.25, -0.2) is 4.79 Å². The number of rotatable bonds is 12. The Kier molecular flexibility index (Phi) is 9.66. The van der Waals surface area contributed by atoms with Gasteiger partial charge in [-0.1, -0.05) is 35.9 Å². The van der Waals surface area contributed by atoms with Crippen molar-refractivity contribution in [2.24, 2.45) is 0 Å². The quantitative estimate of drug-likeness (QED) is 0.137. The minimum atomic E-state index is -1.07. The van der Waals surface area contributed by atoms with Crippen LogP contribution in [0.5, 0.6) is 5.75 Å². The molecule has 5 nitrogen and oxygen atoms in total. The molecule has 1 N–H and O–H groups in total. The first kappa shape index (κ1) is 24.7. The Morgan fingerprint density at radius 2 is 1.88 bits per heavy atom. The minimum Gasteiger partial charge on any atom is -0.500 e. The maximum Gasteiger partial charge on any atom is 0.341 e. The number of halogens is 1. The second-order valence-corrected chi connectivity index (χ2v) is 8.76. The van der Waals surface area contributed by atoms with E-state index in [4.69, 9.17) is 21.1 Å². The van der Waals surface area contributed by atoms with Gasteiger partial charge in [-0.15, -0.1) is 11.8 Å². The Morgan fingerprint density at radius 1 is 1.09 bits per heavy atom. The van der Waals surface area contributed by atoms with E-state index in [9.17, 15) is 9.90 Å². The predicted octanol–water partition coefficient (Wildman–Crippen LogP) is 6.50. The summed E-state index contributed by atoms with van der Waals surface area (Å²) in [6.45, 7) is 0.442. The number of hydrogen-bond donors (Lipinski definition) is 1. The number of aryl methyl sites for hydroxylation is 1. The van der Waals surface area contributed by atoms with Gasteiger partial charge in [0.15, 0.2) is 0 Å². The first-order chi connectivity index (χ1) is 16.0. The van der Waals surface area contributed by atoms with Gasteiger partial charge in [-0.3, -0.25) is 4.98 Å². The number of benzene rings is 2. The molecule has 7 heteroatoms. The van der Waals surface area contributed by atoms with Crippen molar-refractivity contribution in [2.75, 3.05) is 13.7 Å². The number of carboxylic acids is 1. The molecule has 0 amide bonds. The van der Waals surface area contributed by atoms with Crippen LogP contribution in [0, 0.1) is 0 Å². The Labute approximate surface area is 203 Å². The van der Waals surface area contributed by atoms with Crippen LogP contribution < -0.4 is 4.74 Å². The average molecular weight is 484 g/mol. The van der Waals surface area contributed by atoms with Gasteiger partial charge in [0, 0.05) is 15.7 Å². The van der Waals surface area contributed by atoms with Crippen molar-refractivity contribution in [2.45, 2.75) is 29.9 Å². The van der Waals surface area contributed by atoms with Crippen LogP contribution in [0.4, 0.5) is 0 Å². The van der Waals surface area contributed by atoms with Crippen LogP contribution in [0.25, 0.3) is 5.57 Å². The SMILES string of the molecule is COc1ccc(CCCCOC=C(C(=O)O)c2cccc(CSc3cccc(Cl)c3)n2)cc1. The summed E-state index contributed by atoms with van der Waals surface area (Å²) in [5.74, 6) is 0.377. The highest BCUT2D eigenvalue weighted by Crippen LogP contribution is 2.25. The minimum absolute atomic E-state index is 0.0414. The zero-order valence-electron chi connectivity index (χ0n) is 18.4. The van der Waals surface area contributed by atoms with Gasteiger partial charge in [-0.05, 0) is 67.3 Å². The summed E-state index contributed by atoms with van der Waals surface area (Å²) >= 11 is 7.62. The molecule has 0 atom stereocenters. The molecule has 0 aliphatic carbocycles. The summed E-state index contributed by atoms with van der Waals surface area (Å²) in [5, 5.41) is 10.3. The van der Waals surface area contributed by atoms with Crippen LogP contribution in [0.1, 0.15) is 29.8 Å². The number of carboxylic acid groups (broad SMARTS) is 1. The Bertz CT molecular complexity index is 1090. The third kappa shape index (κ3) is 8.15. The van der Waals surface area contributed by atoms with Gasteiger partial charge in [0.1, 0.15) is 11.3 Å². The van der Waals surface area contributed by atoms with Crippen molar-refractivity contribution < 1.29 is 19.4 Å². The lowest BCUT2D eigenvalue weighted by Gasteiger charge is -2.07. The third-order valence-electron chi connectivity index (χ3n) is 4.83. The summed E-state index contributed by atoms with van der Waals surface area (Å²) in [7, 11) is 1.65. The molecule has 0 radical (unpaired) electrons. The van der Waals surface area contributed by atoms with Crippen molar-refractivity contribution in [3.05, 3.63) is 95.0 Å². The number of pyridine rings is 1. The van der Waals surface area contributed by atoms with Crippen LogP contribution in [-0.2, 0) is 21.7 Å². The Balaban J connectivity index is 1.51. The van der Waals surface area contributed by atoms with Gasteiger partial charge in [0.25, 0.3) is 0 Å². The molecule has 172 valence electrons. The molecule has 33 heavy (non-hydrogen) atoms. The van der Waals surface area contributed by atoms with Crippen molar-refractivity contribution >= 4 is 34.9 Å². The second kappa shape index (κ2) is 12.9. The highest BCUT2D eigenvalue weighted by molar-refractivity contribution is 7.98. The topological polar surface area (TPSA) is 68.7 Å². The van der Waals surface area contributed by atoms with Gasteiger partial charge < -0.3 is 14.6 Å². The smallest absolute Gasteiger partial charge is 0.341 e. The van der Waals surface area contributed by atoms with E-state index in [1.807, 2.05) is 60.7 Å². The fraction of sp³-hybridized carbons (Fsp3) is 0.231. The number of ether oxygens (including phenoxy) is 2. The zero-order valence-corrected chi connectivity index (χ0v) is 19.9. The molecule has 2 aromatic carbocycles. The predicted molar refractivity (Wildman–Crippen MR) is 133 cm³/mol. The fourth-order valence-electron chi connectivity index (χ4n) is 3.09. The molecule has 0 fully saturated rings. The van der Waals surface area contributed by atoms with Gasteiger partial charge in [-0.2, -0.15) is 0 Å². The number of aromatic nitrogens is 1. The van der Waals surface area contributed by atoms with Crippen LogP contribution in [0.15, 0.2) is 77.9 Å². The summed E-state index contributed by atoms with van der Waals surface area (Å²) in [4.78, 5) is 17.3. The molecule has 0 aliphatic heterocycles. The molecule has 0 bridgehead atoms. The molecular weight excluding hydrogens is 458 g/mol. The van der Waals surface area contributed by atoms with E-state index in [-0.39, 0.29) is 5.57 Å². The molecule has 0 unspecified atom stereocenters. The number of unbranched alkanes of at least 4 members (excludes halogenated alkanes) is 1. The van der Waals surface area contributed by atoms with E-state index in [0.717, 1.165) is 35.6 Å². The lowest BCUT2D eigenvalue weighted by molar-refractivity contribution is -0.130. The van der Waals surface area contributed by atoms with Crippen molar-refractivity contribution in [1.29, 1.82) is 0 Å². The monoisotopic (exact) mass is 483 g/mol. The van der Waals surface area contributed by atoms with Crippen LogP contribution in [0.3, 0.4) is 0 Å². The Hall–Kier alpha value is -2.96. The first-order valence-electron chi connectivity index (χ1n) is 10.6. The zero-order chi connectivity index (χ0) is 23.5. The fourth-order valence-corrected chi connectivity index (χ4v) is 4.21. The normalized spacial score (nSPS) is 11.3. The third-order valence-corrected chi connectivity index (χ3v) is 6.10. The second-order valence-electron chi connectivity index (χ2n) is 7.27. The number of aliphatic carboxylic acids is 1. The molecular formula is C26H26ClNO4S. The van der Waals surface area contributed by atoms with E-state index in [0.29, 0.717) is 23.1 Å². The average Bonchev–Trinajstić information content (AvgIpc) is 2.82. The molecule has 3 rings (SSSR count). The summed E-state index contributed by atoms with van der Waals surface area (Å²) in [6.07, 6.45) is 3.99. The van der Waals surface area contributed by atoms with E-state index in [1.165, 1.54) is 11.8 Å². The molecule has 3 aromatic rings. The molecule has 0 spiro atoms. The largest absolute Gasteiger partial charge is 0.500 e. The number of thioether (sulfide) groups is 1. The number of carbonyl (C=O) groups is 1. The highest BCUT2D eigenvalue weighted by Gasteiger charge is 2.13. The summed E-state index contributed by atoms with van der Waals surface area (Å²) in [5.41, 5.74) is 2.43. The molecule has 0 saturated heterocycles. The lowest BCUT2D eigenvalue weighted by atomic mass is 10.1. The number of nitrogens with zero attached hydrogens (tertiary/aromatic N) is 1. The maximum absolute atomic E-state index is 11.8. The van der Waals surface area contributed by atoms with Gasteiger partial charge in [0.05, 0.1) is 31.4 Å². The first-order valence-corrected chi connectivity index (χ1v) is 11.9. The van der Waals surface area contributed by atoms with Crippen molar-refractivity contribution in [3.8, 4) is 5.75 Å². The van der Waals surface area contributed by atoms with E-state index < -0.39 is 5.97 Å². The standard InChI is InChI=1S/C26H26ClNO4S/c1-31-22-13-11-19(12-14-22)6-2-3-15-32-17-24(26(29)30)25-10-5-8-21(28-25)18-33-23-9-4-7-20(27)16-23/h4-5,7-14,16-17H,2-3,6,15,18H2,1H3,(H,29,30). The maximum atomic E-state index is 11.8. The molecule has 1 heterocycles. The highest BCUT2D eigenvalue weighted by atomic mass is 35.5.